The highest BCUT2D eigenvalue weighted by Gasteiger charge is 2.02. The van der Waals surface area contributed by atoms with Crippen molar-refractivity contribution >= 4 is 10.9 Å². The largest absolute Gasteiger partial charge is 0.347 e. The molecule has 0 radical (unpaired) electrons. The van der Waals surface area contributed by atoms with Crippen LogP contribution in [-0.4, -0.2) is 14.6 Å². The zero-order chi connectivity index (χ0) is 9.42. The highest BCUT2D eigenvalue weighted by Crippen LogP contribution is 1.99. The van der Waals surface area contributed by atoms with Crippen LogP contribution in [0.1, 0.15) is 0 Å². The molecular weight excluding hydrogens is 172 g/mol. The van der Waals surface area contributed by atoms with Gasteiger partial charge in [0.1, 0.15) is 0 Å². The molecule has 66 valence electrons. The SMILES string of the molecule is Nn1c(=O)[nH]c2cnccc2c1=O. The first-order valence-corrected chi connectivity index (χ1v) is 3.54. The van der Waals surface area contributed by atoms with E-state index in [1.54, 1.807) is 0 Å². The van der Waals surface area contributed by atoms with Gasteiger partial charge in [0.2, 0.25) is 0 Å². The summed E-state index contributed by atoms with van der Waals surface area (Å²) in [5, 5.41) is 0.345. The molecule has 0 saturated carbocycles. The lowest BCUT2D eigenvalue weighted by molar-refractivity contribution is 0.855. The van der Waals surface area contributed by atoms with Crippen LogP contribution < -0.4 is 17.1 Å². The lowest BCUT2D eigenvalue weighted by Crippen LogP contribution is -2.40. The zero-order valence-electron chi connectivity index (χ0n) is 6.52. The van der Waals surface area contributed by atoms with E-state index >= 15 is 0 Å². The van der Waals surface area contributed by atoms with Crippen molar-refractivity contribution in [2.24, 2.45) is 0 Å². The Bertz CT molecular complexity index is 568. The topological polar surface area (TPSA) is 93.8 Å². The molecule has 6 heteroatoms. The van der Waals surface area contributed by atoms with E-state index in [9.17, 15) is 9.59 Å². The van der Waals surface area contributed by atoms with Crippen molar-refractivity contribution in [2.75, 3.05) is 5.84 Å². The Morgan fingerprint density at radius 1 is 1.46 bits per heavy atom. The first kappa shape index (κ1) is 7.53. The fraction of sp³-hybridized carbons (Fsp3) is 0. The number of aromatic amines is 1. The average Bonchev–Trinajstić information content (AvgIpc) is 2.15. The summed E-state index contributed by atoms with van der Waals surface area (Å²) in [6, 6.07) is 1.50. The van der Waals surface area contributed by atoms with E-state index in [4.69, 9.17) is 5.84 Å². The number of fused-ring (bicyclic) bond motifs is 1. The Morgan fingerprint density at radius 2 is 2.23 bits per heavy atom. The maximum Gasteiger partial charge on any atom is 0.347 e. The van der Waals surface area contributed by atoms with Crippen LogP contribution >= 0.6 is 0 Å². The molecule has 2 aromatic heterocycles. The molecule has 0 atom stereocenters. The number of pyridine rings is 1. The van der Waals surface area contributed by atoms with Crippen LogP contribution in [0, 0.1) is 0 Å². The number of nitrogen functional groups attached to an aromatic ring is 1. The molecule has 2 heterocycles. The van der Waals surface area contributed by atoms with Gasteiger partial charge in [-0.25, -0.2) is 4.79 Å². The van der Waals surface area contributed by atoms with Crippen LogP contribution in [0.4, 0.5) is 0 Å². The van der Waals surface area contributed by atoms with Crippen LogP contribution in [0.3, 0.4) is 0 Å². The van der Waals surface area contributed by atoms with Crippen molar-refractivity contribution in [3.63, 3.8) is 0 Å². The highest BCUT2D eigenvalue weighted by atomic mass is 16.2. The first-order chi connectivity index (χ1) is 6.20. The molecule has 0 aliphatic carbocycles. The van der Waals surface area contributed by atoms with E-state index in [-0.39, 0.29) is 0 Å². The van der Waals surface area contributed by atoms with Crippen LogP contribution in [0.5, 0.6) is 0 Å². The quantitative estimate of drug-likeness (QED) is 0.495. The van der Waals surface area contributed by atoms with Crippen molar-refractivity contribution in [2.45, 2.75) is 0 Å². The molecule has 0 aliphatic heterocycles. The minimum absolute atomic E-state index is 0.345. The fourth-order valence-electron chi connectivity index (χ4n) is 1.08. The maximum atomic E-state index is 11.3. The van der Waals surface area contributed by atoms with Crippen LogP contribution in [0.25, 0.3) is 10.9 Å². The number of rotatable bonds is 0. The zero-order valence-corrected chi connectivity index (χ0v) is 6.52. The standard InChI is InChI=1S/C7H6N4O2/c8-11-6(12)4-1-2-9-3-5(4)10-7(11)13/h1-3H,8H2,(H,10,13). The van der Waals surface area contributed by atoms with Gasteiger partial charge in [0.25, 0.3) is 5.56 Å². The molecular formula is C7H6N4O2. The van der Waals surface area contributed by atoms with E-state index in [0.717, 1.165) is 0 Å². The Labute approximate surface area is 71.6 Å². The van der Waals surface area contributed by atoms with E-state index in [1.807, 2.05) is 0 Å². The molecule has 3 N–H and O–H groups in total. The van der Waals surface area contributed by atoms with E-state index in [2.05, 4.69) is 9.97 Å². The van der Waals surface area contributed by atoms with E-state index in [1.165, 1.54) is 18.5 Å². The minimum atomic E-state index is -0.648. The second-order valence-corrected chi connectivity index (χ2v) is 2.53. The normalized spacial score (nSPS) is 10.5. The molecule has 0 bridgehead atoms. The summed E-state index contributed by atoms with van der Waals surface area (Å²) in [7, 11) is 0. The third-order valence-electron chi connectivity index (χ3n) is 1.73. The van der Waals surface area contributed by atoms with Crippen LogP contribution in [-0.2, 0) is 0 Å². The molecule has 0 saturated heterocycles. The predicted molar refractivity (Wildman–Crippen MR) is 46.8 cm³/mol. The number of nitrogens with two attached hydrogens (primary N) is 1. The van der Waals surface area contributed by atoms with Crippen molar-refractivity contribution in [3.05, 3.63) is 39.3 Å². The molecule has 6 nitrogen and oxygen atoms in total. The lowest BCUT2D eigenvalue weighted by Gasteiger charge is -1.98. The maximum absolute atomic E-state index is 11.3. The van der Waals surface area contributed by atoms with Gasteiger partial charge in [-0.2, -0.15) is 4.68 Å². The average molecular weight is 178 g/mol. The summed E-state index contributed by atoms with van der Waals surface area (Å²) in [4.78, 5) is 28.5. The summed E-state index contributed by atoms with van der Waals surface area (Å²) in [5.74, 6) is 5.19. The van der Waals surface area contributed by atoms with Gasteiger partial charge in [0.15, 0.2) is 0 Å². The first-order valence-electron chi connectivity index (χ1n) is 3.54. The van der Waals surface area contributed by atoms with Gasteiger partial charge in [-0.05, 0) is 6.07 Å². The van der Waals surface area contributed by atoms with Crippen LogP contribution in [0.2, 0.25) is 0 Å². The Hall–Kier alpha value is -2.11. The summed E-state index contributed by atoms with van der Waals surface area (Å²) in [5.41, 5.74) is -0.786. The molecule has 0 aromatic carbocycles. The van der Waals surface area contributed by atoms with Gasteiger partial charge in [0.05, 0.1) is 17.1 Å². The highest BCUT2D eigenvalue weighted by molar-refractivity contribution is 5.75. The Morgan fingerprint density at radius 3 is 3.00 bits per heavy atom. The number of hydrogen-bond acceptors (Lipinski definition) is 4. The summed E-state index contributed by atoms with van der Waals surface area (Å²) in [6.07, 6.45) is 2.86. The summed E-state index contributed by atoms with van der Waals surface area (Å²) < 4.78 is 0.530. The van der Waals surface area contributed by atoms with Crippen molar-refractivity contribution in [1.29, 1.82) is 0 Å². The molecule has 0 unspecified atom stereocenters. The number of aromatic nitrogens is 3. The molecule has 0 spiro atoms. The van der Waals surface area contributed by atoms with Gasteiger partial charge in [0, 0.05) is 6.20 Å². The van der Waals surface area contributed by atoms with Gasteiger partial charge in [-0.15, -0.1) is 0 Å². The van der Waals surface area contributed by atoms with Crippen LogP contribution in [0.15, 0.2) is 28.0 Å². The Kier molecular flexibility index (Phi) is 1.42. The van der Waals surface area contributed by atoms with Crippen molar-refractivity contribution < 1.29 is 0 Å². The van der Waals surface area contributed by atoms with Gasteiger partial charge in [-0.3, -0.25) is 9.78 Å². The lowest BCUT2D eigenvalue weighted by atomic mass is 10.3. The van der Waals surface area contributed by atoms with Gasteiger partial charge in [-0.1, -0.05) is 0 Å². The third-order valence-corrected chi connectivity index (χ3v) is 1.73. The Balaban J connectivity index is 3.12. The number of H-pyrrole nitrogens is 1. The second kappa shape index (κ2) is 2.44. The van der Waals surface area contributed by atoms with E-state index in [0.29, 0.717) is 15.6 Å². The third kappa shape index (κ3) is 0.994. The van der Waals surface area contributed by atoms with Gasteiger partial charge >= 0.3 is 5.69 Å². The van der Waals surface area contributed by atoms with E-state index < -0.39 is 11.2 Å². The molecule has 2 aromatic rings. The monoisotopic (exact) mass is 178 g/mol. The summed E-state index contributed by atoms with van der Waals surface area (Å²) >= 11 is 0. The number of hydrogen-bond donors (Lipinski definition) is 2. The summed E-state index contributed by atoms with van der Waals surface area (Å²) in [6.45, 7) is 0. The minimum Gasteiger partial charge on any atom is -0.332 e. The second-order valence-electron chi connectivity index (χ2n) is 2.53. The number of nitrogens with one attached hydrogen (secondary N) is 1. The van der Waals surface area contributed by atoms with Crippen molar-refractivity contribution in [3.8, 4) is 0 Å². The molecule has 0 aliphatic rings. The molecule has 0 fully saturated rings. The van der Waals surface area contributed by atoms with Crippen molar-refractivity contribution in [1.82, 2.24) is 14.6 Å². The fourth-order valence-corrected chi connectivity index (χ4v) is 1.08. The number of nitrogens with zero attached hydrogens (tertiary/aromatic N) is 2. The molecule has 13 heavy (non-hydrogen) atoms. The predicted octanol–water partition coefficient (Wildman–Crippen LogP) is -1.20. The molecule has 0 amide bonds. The molecule has 2 rings (SSSR count). The van der Waals surface area contributed by atoms with Gasteiger partial charge < -0.3 is 10.8 Å². The smallest absolute Gasteiger partial charge is 0.332 e.